The maximum Gasteiger partial charge on any atom is 0.255 e. The molecule has 0 radical (unpaired) electrons. The molecule has 1 aliphatic rings. The first kappa shape index (κ1) is 13.2. The molecular formula is C14H19F2NO. The summed E-state index contributed by atoms with van der Waals surface area (Å²) in [6.07, 6.45) is 0.0282. The van der Waals surface area contributed by atoms with Crippen LogP contribution in [0.1, 0.15) is 50.9 Å². The molecule has 0 aromatic carbocycles. The van der Waals surface area contributed by atoms with E-state index in [0.29, 0.717) is 11.7 Å². The molecule has 2 rings (SSSR count). The Kier molecular flexibility index (Phi) is 3.55. The van der Waals surface area contributed by atoms with Gasteiger partial charge < -0.3 is 4.74 Å². The lowest BCUT2D eigenvalue weighted by Crippen LogP contribution is -2.43. The van der Waals surface area contributed by atoms with Gasteiger partial charge in [0.25, 0.3) is 5.92 Å². The molecule has 0 aliphatic heterocycles. The molecule has 1 aliphatic carbocycles. The molecule has 0 unspecified atom stereocenters. The molecule has 0 spiro atoms. The Hall–Kier alpha value is -1.19. The van der Waals surface area contributed by atoms with Gasteiger partial charge in [-0.1, -0.05) is 20.8 Å². The summed E-state index contributed by atoms with van der Waals surface area (Å²) in [6.45, 7) is 6.15. The van der Waals surface area contributed by atoms with E-state index < -0.39 is 5.92 Å². The average molecular weight is 255 g/mol. The first-order chi connectivity index (χ1) is 8.41. The van der Waals surface area contributed by atoms with E-state index in [2.05, 4.69) is 18.8 Å². The van der Waals surface area contributed by atoms with Gasteiger partial charge in [-0.25, -0.2) is 8.78 Å². The van der Waals surface area contributed by atoms with Gasteiger partial charge in [0, 0.05) is 18.5 Å². The standard InChI is InChI=1S/C14H19F2NO/c1-4-11-13(6-5-12(17-11)9(2)3)18-10-7-14(15,16)8-10/h5-6,9-10H,4,7-8H2,1-3H3. The zero-order valence-corrected chi connectivity index (χ0v) is 11.0. The van der Waals surface area contributed by atoms with Crippen molar-refractivity contribution in [3.05, 3.63) is 23.5 Å². The molecule has 0 atom stereocenters. The summed E-state index contributed by atoms with van der Waals surface area (Å²) >= 11 is 0. The number of nitrogens with zero attached hydrogens (tertiary/aromatic N) is 1. The summed E-state index contributed by atoms with van der Waals surface area (Å²) in [6, 6.07) is 3.77. The van der Waals surface area contributed by atoms with Crippen molar-refractivity contribution in [3.63, 3.8) is 0 Å². The molecule has 1 saturated carbocycles. The fraction of sp³-hybridized carbons (Fsp3) is 0.643. The summed E-state index contributed by atoms with van der Waals surface area (Å²) < 4.78 is 31.1. The molecule has 1 fully saturated rings. The number of ether oxygens (including phenoxy) is 1. The van der Waals surface area contributed by atoms with Gasteiger partial charge in [-0.2, -0.15) is 0 Å². The summed E-state index contributed by atoms with van der Waals surface area (Å²) in [4.78, 5) is 4.53. The van der Waals surface area contributed by atoms with Gasteiger partial charge >= 0.3 is 0 Å². The summed E-state index contributed by atoms with van der Waals surface area (Å²) in [5.74, 6) is -1.53. The Morgan fingerprint density at radius 3 is 2.56 bits per heavy atom. The van der Waals surface area contributed by atoms with Gasteiger partial charge in [-0.05, 0) is 24.5 Å². The lowest BCUT2D eigenvalue weighted by molar-refractivity contribution is -0.134. The van der Waals surface area contributed by atoms with Crippen LogP contribution in [-0.4, -0.2) is 17.0 Å². The second-order valence-electron chi connectivity index (χ2n) is 5.19. The van der Waals surface area contributed by atoms with Crippen LogP contribution < -0.4 is 4.74 Å². The molecule has 1 heterocycles. The summed E-state index contributed by atoms with van der Waals surface area (Å²) in [5, 5.41) is 0. The highest BCUT2D eigenvalue weighted by molar-refractivity contribution is 5.31. The van der Waals surface area contributed by atoms with Gasteiger partial charge in [-0.15, -0.1) is 0 Å². The van der Waals surface area contributed by atoms with Crippen LogP contribution in [0.3, 0.4) is 0 Å². The van der Waals surface area contributed by atoms with E-state index >= 15 is 0 Å². The molecule has 2 nitrogen and oxygen atoms in total. The van der Waals surface area contributed by atoms with Crippen molar-refractivity contribution in [1.29, 1.82) is 0 Å². The van der Waals surface area contributed by atoms with Gasteiger partial charge in [0.05, 0.1) is 5.69 Å². The van der Waals surface area contributed by atoms with E-state index in [1.165, 1.54) is 0 Å². The fourth-order valence-corrected chi connectivity index (χ4v) is 2.06. The van der Waals surface area contributed by atoms with Crippen molar-refractivity contribution in [1.82, 2.24) is 4.98 Å². The number of aromatic nitrogens is 1. The van der Waals surface area contributed by atoms with Crippen molar-refractivity contribution in [3.8, 4) is 5.75 Å². The Balaban J connectivity index is 2.09. The van der Waals surface area contributed by atoms with E-state index in [9.17, 15) is 8.78 Å². The highest BCUT2D eigenvalue weighted by Gasteiger charge is 2.47. The summed E-state index contributed by atoms with van der Waals surface area (Å²) in [5.41, 5.74) is 1.87. The zero-order valence-electron chi connectivity index (χ0n) is 11.0. The number of pyridine rings is 1. The Bertz CT molecular complexity index is 424. The number of hydrogen-bond donors (Lipinski definition) is 0. The van der Waals surface area contributed by atoms with Crippen LogP contribution in [-0.2, 0) is 6.42 Å². The minimum absolute atomic E-state index is 0.178. The lowest BCUT2D eigenvalue weighted by atomic mass is 9.91. The van der Waals surface area contributed by atoms with E-state index in [4.69, 9.17) is 4.74 Å². The molecule has 1 aromatic heterocycles. The summed E-state index contributed by atoms with van der Waals surface area (Å²) in [7, 11) is 0. The normalized spacial score (nSPS) is 18.8. The average Bonchev–Trinajstić information content (AvgIpc) is 2.26. The molecule has 0 amide bonds. The molecule has 100 valence electrons. The van der Waals surface area contributed by atoms with Crippen LogP contribution in [0, 0.1) is 0 Å². The van der Waals surface area contributed by atoms with Crippen molar-refractivity contribution in [2.45, 2.75) is 58.0 Å². The number of rotatable bonds is 4. The van der Waals surface area contributed by atoms with Gasteiger partial charge in [0.15, 0.2) is 0 Å². The van der Waals surface area contributed by atoms with Crippen LogP contribution >= 0.6 is 0 Å². The van der Waals surface area contributed by atoms with E-state index in [0.717, 1.165) is 17.8 Å². The van der Waals surface area contributed by atoms with Crippen molar-refractivity contribution in [2.24, 2.45) is 0 Å². The smallest absolute Gasteiger partial charge is 0.255 e. The Labute approximate surface area is 106 Å². The largest absolute Gasteiger partial charge is 0.488 e. The third kappa shape index (κ3) is 2.79. The third-order valence-electron chi connectivity index (χ3n) is 3.23. The maximum atomic E-state index is 12.7. The fourth-order valence-electron chi connectivity index (χ4n) is 2.06. The highest BCUT2D eigenvalue weighted by Crippen LogP contribution is 2.40. The van der Waals surface area contributed by atoms with Crippen LogP contribution in [0.5, 0.6) is 5.75 Å². The number of aryl methyl sites for hydroxylation is 1. The van der Waals surface area contributed by atoms with Gasteiger partial charge in [0.2, 0.25) is 0 Å². The molecule has 18 heavy (non-hydrogen) atoms. The Morgan fingerprint density at radius 1 is 1.39 bits per heavy atom. The number of alkyl halides is 2. The SMILES string of the molecule is CCc1nc(C(C)C)ccc1OC1CC(F)(F)C1. The maximum absolute atomic E-state index is 12.7. The minimum atomic E-state index is -2.54. The second-order valence-corrected chi connectivity index (χ2v) is 5.19. The third-order valence-corrected chi connectivity index (χ3v) is 3.23. The first-order valence-corrected chi connectivity index (χ1v) is 6.45. The van der Waals surface area contributed by atoms with Crippen molar-refractivity contribution < 1.29 is 13.5 Å². The quantitative estimate of drug-likeness (QED) is 0.812. The monoisotopic (exact) mass is 255 g/mol. The van der Waals surface area contributed by atoms with Crippen molar-refractivity contribution >= 4 is 0 Å². The van der Waals surface area contributed by atoms with Crippen molar-refractivity contribution in [2.75, 3.05) is 0 Å². The Morgan fingerprint density at radius 2 is 2.06 bits per heavy atom. The van der Waals surface area contributed by atoms with Crippen LogP contribution in [0.4, 0.5) is 8.78 Å². The molecule has 0 bridgehead atoms. The van der Waals surface area contributed by atoms with Crippen LogP contribution in [0.2, 0.25) is 0 Å². The zero-order chi connectivity index (χ0) is 13.3. The molecule has 1 aromatic rings. The van der Waals surface area contributed by atoms with E-state index in [1.54, 1.807) is 0 Å². The predicted octanol–water partition coefficient (Wildman–Crippen LogP) is 3.94. The number of halogens is 2. The van der Waals surface area contributed by atoms with E-state index in [-0.39, 0.29) is 18.9 Å². The van der Waals surface area contributed by atoms with Gasteiger partial charge in [0.1, 0.15) is 11.9 Å². The molecule has 0 saturated heterocycles. The topological polar surface area (TPSA) is 22.1 Å². The minimum Gasteiger partial charge on any atom is -0.488 e. The van der Waals surface area contributed by atoms with Gasteiger partial charge in [-0.3, -0.25) is 4.98 Å². The predicted molar refractivity (Wildman–Crippen MR) is 66.3 cm³/mol. The highest BCUT2D eigenvalue weighted by atomic mass is 19.3. The first-order valence-electron chi connectivity index (χ1n) is 6.45. The van der Waals surface area contributed by atoms with Crippen LogP contribution in [0.15, 0.2) is 12.1 Å². The van der Waals surface area contributed by atoms with Crippen LogP contribution in [0.25, 0.3) is 0 Å². The van der Waals surface area contributed by atoms with E-state index in [1.807, 2.05) is 19.1 Å². The lowest BCUT2D eigenvalue weighted by Gasteiger charge is -2.35. The second kappa shape index (κ2) is 4.82. The number of hydrogen-bond acceptors (Lipinski definition) is 2. The molecular weight excluding hydrogens is 236 g/mol. The molecule has 4 heteroatoms. The molecule has 0 N–H and O–H groups in total.